The molecule has 3 amide bonds. The minimum absolute atomic E-state index is 0.170. The number of hydrogen-bond donors (Lipinski definition) is 7. The van der Waals surface area contributed by atoms with Crippen molar-refractivity contribution in [3.63, 3.8) is 0 Å². The van der Waals surface area contributed by atoms with Gasteiger partial charge >= 0.3 is 11.9 Å². The molecule has 172 valence electrons. The molecule has 0 aliphatic rings. The molecule has 0 saturated carbocycles. The molecule has 9 N–H and O–H groups in total. The third-order valence-electron chi connectivity index (χ3n) is 4.35. The SMILES string of the molecule is CC(NC(=O)C(CC(=O)O)NC(=O)C(N)C(C)C)C(=O)NC(CCCCN)C(=O)O. The van der Waals surface area contributed by atoms with Crippen LogP contribution in [0.3, 0.4) is 0 Å². The van der Waals surface area contributed by atoms with Crippen molar-refractivity contribution in [2.45, 2.75) is 70.6 Å². The highest BCUT2D eigenvalue weighted by atomic mass is 16.4. The Morgan fingerprint density at radius 1 is 0.833 bits per heavy atom. The molecule has 12 heteroatoms. The quantitative estimate of drug-likeness (QED) is 0.153. The monoisotopic (exact) mass is 431 g/mol. The topological polar surface area (TPSA) is 214 Å². The van der Waals surface area contributed by atoms with Gasteiger partial charge in [0.2, 0.25) is 17.7 Å². The normalized spacial score (nSPS) is 14.9. The zero-order valence-electron chi connectivity index (χ0n) is 17.5. The van der Waals surface area contributed by atoms with Gasteiger partial charge in [0.25, 0.3) is 0 Å². The Kier molecular flexibility index (Phi) is 12.3. The van der Waals surface area contributed by atoms with E-state index >= 15 is 0 Å². The molecule has 30 heavy (non-hydrogen) atoms. The molecule has 0 spiro atoms. The molecule has 0 fully saturated rings. The van der Waals surface area contributed by atoms with E-state index in [1.54, 1.807) is 13.8 Å². The summed E-state index contributed by atoms with van der Waals surface area (Å²) in [5, 5.41) is 25.1. The molecule has 0 aliphatic carbocycles. The van der Waals surface area contributed by atoms with Gasteiger partial charge in [-0.25, -0.2) is 4.79 Å². The zero-order valence-corrected chi connectivity index (χ0v) is 17.5. The lowest BCUT2D eigenvalue weighted by Gasteiger charge is -2.23. The van der Waals surface area contributed by atoms with Crippen molar-refractivity contribution in [2.75, 3.05) is 6.54 Å². The average Bonchev–Trinajstić information content (AvgIpc) is 2.65. The fourth-order valence-electron chi connectivity index (χ4n) is 2.38. The van der Waals surface area contributed by atoms with Gasteiger partial charge in [-0.15, -0.1) is 0 Å². The van der Waals surface area contributed by atoms with Crippen molar-refractivity contribution in [3.8, 4) is 0 Å². The van der Waals surface area contributed by atoms with Crippen molar-refractivity contribution in [3.05, 3.63) is 0 Å². The Labute approximate surface area is 175 Å². The molecular formula is C18H33N5O7. The number of nitrogens with two attached hydrogens (primary N) is 2. The van der Waals surface area contributed by atoms with E-state index < -0.39 is 60.2 Å². The van der Waals surface area contributed by atoms with Crippen LogP contribution in [0.4, 0.5) is 0 Å². The second kappa shape index (κ2) is 13.5. The van der Waals surface area contributed by atoms with Crippen LogP contribution in [0.1, 0.15) is 46.5 Å². The summed E-state index contributed by atoms with van der Waals surface area (Å²) in [6, 6.07) is -4.71. The Hall–Kier alpha value is -2.73. The maximum Gasteiger partial charge on any atom is 0.326 e. The van der Waals surface area contributed by atoms with Gasteiger partial charge < -0.3 is 37.6 Å². The summed E-state index contributed by atoms with van der Waals surface area (Å²) >= 11 is 0. The number of carbonyl (C=O) groups is 5. The number of nitrogens with one attached hydrogen (secondary N) is 3. The maximum absolute atomic E-state index is 12.4. The van der Waals surface area contributed by atoms with Crippen molar-refractivity contribution in [1.82, 2.24) is 16.0 Å². The summed E-state index contributed by atoms with van der Waals surface area (Å²) in [6.07, 6.45) is 0.551. The summed E-state index contributed by atoms with van der Waals surface area (Å²) in [7, 11) is 0. The first-order chi connectivity index (χ1) is 13.9. The van der Waals surface area contributed by atoms with E-state index in [2.05, 4.69) is 16.0 Å². The summed E-state index contributed by atoms with van der Waals surface area (Å²) in [5.41, 5.74) is 11.1. The Morgan fingerprint density at radius 3 is 1.87 bits per heavy atom. The molecule has 0 heterocycles. The van der Waals surface area contributed by atoms with Crippen molar-refractivity contribution < 1.29 is 34.2 Å². The summed E-state index contributed by atoms with van der Waals surface area (Å²) in [5.74, 6) is -5.17. The molecule has 12 nitrogen and oxygen atoms in total. The van der Waals surface area contributed by atoms with E-state index in [1.165, 1.54) is 6.92 Å². The number of rotatable bonds is 14. The molecule has 4 atom stereocenters. The number of unbranched alkanes of at least 4 members (excludes halogenated alkanes) is 1. The van der Waals surface area contributed by atoms with Crippen LogP contribution in [0.15, 0.2) is 0 Å². The summed E-state index contributed by atoms with van der Waals surface area (Å²) in [4.78, 5) is 59.1. The van der Waals surface area contributed by atoms with E-state index in [0.29, 0.717) is 19.4 Å². The Bertz CT molecular complexity index is 626. The number of carboxylic acid groups (broad SMARTS) is 2. The summed E-state index contributed by atoms with van der Waals surface area (Å²) in [6.45, 7) is 5.08. The van der Waals surface area contributed by atoms with Crippen LogP contribution in [0.2, 0.25) is 0 Å². The molecule has 4 unspecified atom stereocenters. The first-order valence-corrected chi connectivity index (χ1v) is 9.72. The molecule has 0 radical (unpaired) electrons. The van der Waals surface area contributed by atoms with E-state index in [-0.39, 0.29) is 12.3 Å². The molecular weight excluding hydrogens is 398 g/mol. The lowest BCUT2D eigenvalue weighted by Crippen LogP contribution is -2.57. The van der Waals surface area contributed by atoms with Gasteiger partial charge in [-0.05, 0) is 38.6 Å². The second-order valence-corrected chi connectivity index (χ2v) is 7.34. The van der Waals surface area contributed by atoms with Crippen LogP contribution in [-0.2, 0) is 24.0 Å². The Morgan fingerprint density at radius 2 is 1.40 bits per heavy atom. The molecule has 0 aromatic rings. The summed E-state index contributed by atoms with van der Waals surface area (Å²) < 4.78 is 0. The van der Waals surface area contributed by atoms with Crippen LogP contribution in [-0.4, -0.2) is 70.6 Å². The van der Waals surface area contributed by atoms with E-state index in [1.807, 2.05) is 0 Å². The first kappa shape index (κ1) is 27.3. The highest BCUT2D eigenvalue weighted by molar-refractivity contribution is 5.95. The van der Waals surface area contributed by atoms with Gasteiger partial charge in [-0.3, -0.25) is 19.2 Å². The first-order valence-electron chi connectivity index (χ1n) is 9.72. The van der Waals surface area contributed by atoms with Crippen molar-refractivity contribution in [1.29, 1.82) is 0 Å². The minimum Gasteiger partial charge on any atom is -0.481 e. The third kappa shape index (κ3) is 10.2. The van der Waals surface area contributed by atoms with Gasteiger partial charge in [0.05, 0.1) is 12.5 Å². The third-order valence-corrected chi connectivity index (χ3v) is 4.35. The predicted octanol–water partition coefficient (Wildman–Crippen LogP) is -1.87. The van der Waals surface area contributed by atoms with Crippen LogP contribution in [0, 0.1) is 5.92 Å². The minimum atomic E-state index is -1.45. The van der Waals surface area contributed by atoms with E-state index in [0.717, 1.165) is 0 Å². The number of amides is 3. The van der Waals surface area contributed by atoms with Crippen LogP contribution >= 0.6 is 0 Å². The van der Waals surface area contributed by atoms with Gasteiger partial charge in [0.1, 0.15) is 18.1 Å². The smallest absolute Gasteiger partial charge is 0.326 e. The largest absolute Gasteiger partial charge is 0.481 e. The molecule has 0 rings (SSSR count). The van der Waals surface area contributed by atoms with Crippen LogP contribution < -0.4 is 27.4 Å². The van der Waals surface area contributed by atoms with Gasteiger partial charge in [-0.2, -0.15) is 0 Å². The molecule has 0 bridgehead atoms. The molecule has 0 aromatic carbocycles. The average molecular weight is 431 g/mol. The molecule has 0 aliphatic heterocycles. The predicted molar refractivity (Wildman–Crippen MR) is 107 cm³/mol. The highest BCUT2D eigenvalue weighted by Gasteiger charge is 2.30. The number of carboxylic acids is 2. The van der Waals surface area contributed by atoms with Crippen LogP contribution in [0.25, 0.3) is 0 Å². The highest BCUT2D eigenvalue weighted by Crippen LogP contribution is 2.03. The van der Waals surface area contributed by atoms with Crippen molar-refractivity contribution in [2.24, 2.45) is 17.4 Å². The van der Waals surface area contributed by atoms with Gasteiger partial charge in [0, 0.05) is 0 Å². The van der Waals surface area contributed by atoms with E-state index in [4.69, 9.17) is 16.6 Å². The van der Waals surface area contributed by atoms with E-state index in [9.17, 15) is 29.1 Å². The number of carbonyl (C=O) groups excluding carboxylic acids is 3. The lowest BCUT2D eigenvalue weighted by atomic mass is 10.0. The van der Waals surface area contributed by atoms with Crippen molar-refractivity contribution >= 4 is 29.7 Å². The standard InChI is InChI=1S/C18H33N5O7/c1-9(2)14(20)17(28)23-12(8-13(24)25)16(27)21-10(3)15(26)22-11(18(29)30)6-4-5-7-19/h9-12,14H,4-8,19-20H2,1-3H3,(H,21,27)(H,22,26)(H,23,28)(H,24,25)(H,29,30). The molecule has 0 aromatic heterocycles. The zero-order chi connectivity index (χ0) is 23.4. The van der Waals surface area contributed by atoms with Crippen LogP contribution in [0.5, 0.6) is 0 Å². The number of hydrogen-bond acceptors (Lipinski definition) is 7. The molecule has 0 saturated heterocycles. The van der Waals surface area contributed by atoms with Gasteiger partial charge in [-0.1, -0.05) is 13.8 Å². The Balaban J connectivity index is 5.02. The maximum atomic E-state index is 12.4. The van der Waals surface area contributed by atoms with Gasteiger partial charge in [0.15, 0.2) is 0 Å². The lowest BCUT2D eigenvalue weighted by molar-refractivity contribution is -0.143. The second-order valence-electron chi connectivity index (χ2n) is 7.34. The fraction of sp³-hybridized carbons (Fsp3) is 0.722. The number of aliphatic carboxylic acids is 2. The fourth-order valence-corrected chi connectivity index (χ4v) is 2.38.